The smallest absolute Gasteiger partial charge is 0.488 e. The third kappa shape index (κ3) is 3.00. The van der Waals surface area contributed by atoms with Crippen LogP contribution in [0.5, 0.6) is 5.75 Å². The molecule has 0 saturated carbocycles. The van der Waals surface area contributed by atoms with E-state index in [0.717, 1.165) is 24.2 Å². The lowest BCUT2D eigenvalue weighted by Crippen LogP contribution is -2.41. The Bertz CT molecular complexity index is 539. The highest BCUT2D eigenvalue weighted by atomic mass is 35.5. The second-order valence-corrected chi connectivity index (χ2v) is 7.28. The van der Waals surface area contributed by atoms with E-state index in [1.165, 1.54) is 0 Å². The van der Waals surface area contributed by atoms with Gasteiger partial charge in [-0.3, -0.25) is 0 Å². The Labute approximate surface area is 137 Å². The number of hydrogen-bond donors (Lipinski definition) is 0. The molecule has 4 nitrogen and oxygen atoms in total. The van der Waals surface area contributed by atoms with Crippen molar-refractivity contribution in [1.82, 2.24) is 0 Å². The van der Waals surface area contributed by atoms with E-state index >= 15 is 0 Å². The van der Waals surface area contributed by atoms with Gasteiger partial charge in [0.1, 0.15) is 11.9 Å². The van der Waals surface area contributed by atoms with Crippen molar-refractivity contribution in [2.45, 2.75) is 51.4 Å². The predicted molar refractivity (Wildman–Crippen MR) is 87.0 cm³/mol. The highest BCUT2D eigenvalue weighted by molar-refractivity contribution is 6.65. The summed E-state index contributed by atoms with van der Waals surface area (Å²) in [5.74, 6) is 0.751. The zero-order valence-corrected chi connectivity index (χ0v) is 14.3. The summed E-state index contributed by atoms with van der Waals surface area (Å²) in [6, 6.07) is 5.64. The standard InChI is InChI=1S/C16H22BClO4/c1-15(2)16(3,4)22-17(21-15)13-6-5-11(9-14(13)18)20-12-7-8-19-10-12/h5-6,9,12H,7-8,10H2,1-4H3. The van der Waals surface area contributed by atoms with Gasteiger partial charge < -0.3 is 18.8 Å². The van der Waals surface area contributed by atoms with Crippen LogP contribution in [-0.2, 0) is 14.0 Å². The number of halogens is 1. The highest BCUT2D eigenvalue weighted by Crippen LogP contribution is 2.37. The topological polar surface area (TPSA) is 36.9 Å². The van der Waals surface area contributed by atoms with Crippen LogP contribution in [0.1, 0.15) is 34.1 Å². The van der Waals surface area contributed by atoms with Crippen molar-refractivity contribution in [3.63, 3.8) is 0 Å². The highest BCUT2D eigenvalue weighted by Gasteiger charge is 2.52. The number of ether oxygens (including phenoxy) is 2. The third-order valence-corrected chi connectivity index (χ3v) is 5.00. The van der Waals surface area contributed by atoms with Gasteiger partial charge in [0.25, 0.3) is 0 Å². The normalized spacial score (nSPS) is 26.4. The minimum Gasteiger partial charge on any atom is -0.488 e. The summed E-state index contributed by atoms with van der Waals surface area (Å²) in [5, 5.41) is 0.593. The lowest BCUT2D eigenvalue weighted by Gasteiger charge is -2.32. The minimum atomic E-state index is -0.457. The van der Waals surface area contributed by atoms with E-state index in [4.69, 9.17) is 30.4 Å². The number of benzene rings is 1. The van der Waals surface area contributed by atoms with Crippen LogP contribution in [0.3, 0.4) is 0 Å². The Morgan fingerprint density at radius 3 is 2.41 bits per heavy atom. The fourth-order valence-electron chi connectivity index (χ4n) is 2.54. The minimum absolute atomic E-state index is 0.110. The zero-order chi connectivity index (χ0) is 16.0. The van der Waals surface area contributed by atoms with Crippen molar-refractivity contribution in [3.05, 3.63) is 23.2 Å². The predicted octanol–water partition coefficient (Wildman–Crippen LogP) is 2.81. The molecule has 1 aromatic rings. The molecule has 2 fully saturated rings. The van der Waals surface area contributed by atoms with Crippen LogP contribution in [0, 0.1) is 0 Å². The lowest BCUT2D eigenvalue weighted by atomic mass is 9.79. The molecule has 120 valence electrons. The van der Waals surface area contributed by atoms with Gasteiger partial charge in [-0.05, 0) is 39.8 Å². The molecule has 2 aliphatic rings. The van der Waals surface area contributed by atoms with Gasteiger partial charge in [-0.15, -0.1) is 0 Å². The molecule has 0 aliphatic carbocycles. The van der Waals surface area contributed by atoms with Gasteiger partial charge in [0, 0.05) is 16.9 Å². The molecule has 1 unspecified atom stereocenters. The Kier molecular flexibility index (Phi) is 4.19. The van der Waals surface area contributed by atoms with Crippen LogP contribution in [0.4, 0.5) is 0 Å². The quantitative estimate of drug-likeness (QED) is 0.801. The molecule has 0 N–H and O–H groups in total. The summed E-state index contributed by atoms with van der Waals surface area (Å²) in [5.41, 5.74) is 0.0738. The molecule has 6 heteroatoms. The van der Waals surface area contributed by atoms with E-state index in [-0.39, 0.29) is 17.3 Å². The van der Waals surface area contributed by atoms with E-state index in [0.29, 0.717) is 11.6 Å². The fourth-order valence-corrected chi connectivity index (χ4v) is 2.80. The molecule has 2 aliphatic heterocycles. The van der Waals surface area contributed by atoms with Crippen molar-refractivity contribution in [2.24, 2.45) is 0 Å². The van der Waals surface area contributed by atoms with Gasteiger partial charge in [0.05, 0.1) is 24.4 Å². The van der Waals surface area contributed by atoms with Gasteiger partial charge in [-0.1, -0.05) is 17.7 Å². The monoisotopic (exact) mass is 324 g/mol. The van der Waals surface area contributed by atoms with Gasteiger partial charge >= 0.3 is 7.12 Å². The average Bonchev–Trinajstić information content (AvgIpc) is 2.96. The molecule has 2 saturated heterocycles. The summed E-state index contributed by atoms with van der Waals surface area (Å²) in [6.45, 7) is 9.49. The van der Waals surface area contributed by atoms with Crippen LogP contribution < -0.4 is 10.2 Å². The van der Waals surface area contributed by atoms with Crippen molar-refractivity contribution < 1.29 is 18.8 Å². The molecular weight excluding hydrogens is 302 g/mol. The first-order valence-electron chi connectivity index (χ1n) is 7.68. The SMILES string of the molecule is CC1(C)OB(c2ccc(OC3CCOC3)cc2Cl)OC1(C)C. The summed E-state index contributed by atoms with van der Waals surface area (Å²) >= 11 is 6.41. The largest absolute Gasteiger partial charge is 0.496 e. The number of hydrogen-bond acceptors (Lipinski definition) is 4. The molecule has 0 radical (unpaired) electrons. The van der Waals surface area contributed by atoms with Crippen LogP contribution in [0.25, 0.3) is 0 Å². The summed E-state index contributed by atoms with van der Waals surface area (Å²) in [6.07, 6.45) is 1.02. The van der Waals surface area contributed by atoms with Crippen molar-refractivity contribution >= 4 is 24.2 Å². The molecule has 1 aromatic carbocycles. The Hall–Kier alpha value is -0.745. The van der Waals surface area contributed by atoms with Crippen LogP contribution in [0.15, 0.2) is 18.2 Å². The first kappa shape index (κ1) is 16.1. The summed E-state index contributed by atoms with van der Waals surface area (Å²) in [4.78, 5) is 0. The van der Waals surface area contributed by atoms with Gasteiger partial charge in [0.2, 0.25) is 0 Å². The van der Waals surface area contributed by atoms with Crippen LogP contribution >= 0.6 is 11.6 Å². The molecule has 22 heavy (non-hydrogen) atoms. The maximum absolute atomic E-state index is 6.41. The Morgan fingerprint density at radius 2 is 1.86 bits per heavy atom. The summed E-state index contributed by atoms with van der Waals surface area (Å²) in [7, 11) is -0.457. The second-order valence-electron chi connectivity index (χ2n) is 6.88. The van der Waals surface area contributed by atoms with Crippen LogP contribution in [-0.4, -0.2) is 37.6 Å². The molecule has 0 amide bonds. The average molecular weight is 325 g/mol. The molecule has 0 aromatic heterocycles. The van der Waals surface area contributed by atoms with Crippen molar-refractivity contribution in [2.75, 3.05) is 13.2 Å². The van der Waals surface area contributed by atoms with E-state index in [1.807, 2.05) is 45.9 Å². The zero-order valence-electron chi connectivity index (χ0n) is 13.5. The van der Waals surface area contributed by atoms with E-state index in [9.17, 15) is 0 Å². The maximum Gasteiger partial charge on any atom is 0.496 e. The molecular formula is C16H22BClO4. The molecule has 3 rings (SSSR count). The maximum atomic E-state index is 6.41. The number of rotatable bonds is 3. The third-order valence-electron chi connectivity index (χ3n) is 4.67. The van der Waals surface area contributed by atoms with Gasteiger partial charge in [0.15, 0.2) is 0 Å². The Balaban J connectivity index is 1.75. The van der Waals surface area contributed by atoms with Gasteiger partial charge in [-0.2, -0.15) is 0 Å². The fraction of sp³-hybridized carbons (Fsp3) is 0.625. The summed E-state index contributed by atoms with van der Waals surface area (Å²) < 4.78 is 23.3. The first-order valence-corrected chi connectivity index (χ1v) is 8.06. The molecule has 0 bridgehead atoms. The van der Waals surface area contributed by atoms with Crippen molar-refractivity contribution in [1.29, 1.82) is 0 Å². The van der Waals surface area contributed by atoms with Crippen molar-refractivity contribution in [3.8, 4) is 5.75 Å². The molecule has 0 spiro atoms. The van der Waals surface area contributed by atoms with E-state index < -0.39 is 7.12 Å². The van der Waals surface area contributed by atoms with Crippen LogP contribution in [0.2, 0.25) is 5.02 Å². The first-order chi connectivity index (χ1) is 10.3. The van der Waals surface area contributed by atoms with Gasteiger partial charge in [-0.25, -0.2) is 0 Å². The molecule has 2 heterocycles. The van der Waals surface area contributed by atoms with E-state index in [1.54, 1.807) is 0 Å². The second kappa shape index (κ2) is 5.71. The Morgan fingerprint density at radius 1 is 1.18 bits per heavy atom. The molecule has 1 atom stereocenters. The van der Waals surface area contributed by atoms with E-state index in [2.05, 4.69) is 0 Å². The lowest BCUT2D eigenvalue weighted by molar-refractivity contribution is 0.00578.